The molecular weight excluding hydrogens is 327 g/mol. The smallest absolute Gasteiger partial charge is 0.292 e. The number of carbonyl (C=O) groups is 1. The second-order valence-electron chi connectivity index (χ2n) is 4.25. The van der Waals surface area contributed by atoms with E-state index in [-0.39, 0.29) is 16.5 Å². The molecule has 0 spiro atoms. The molecule has 0 aliphatic rings. The summed E-state index contributed by atoms with van der Waals surface area (Å²) in [5, 5.41) is 14.2. The molecule has 0 bridgehead atoms. The largest absolute Gasteiger partial charge is 0.356 e. The van der Waals surface area contributed by atoms with E-state index < -0.39 is 4.92 Å². The second-order valence-corrected chi connectivity index (χ2v) is 5.06. The molecule has 0 saturated heterocycles. The van der Waals surface area contributed by atoms with E-state index in [0.717, 1.165) is 0 Å². The highest BCUT2D eigenvalue weighted by Gasteiger charge is 2.11. The third-order valence-electron chi connectivity index (χ3n) is 2.78. The van der Waals surface area contributed by atoms with Gasteiger partial charge in [0.2, 0.25) is 0 Å². The summed E-state index contributed by atoms with van der Waals surface area (Å²) >= 11 is 11.6. The number of para-hydroxylation sites is 2. The first-order valence-electron chi connectivity index (χ1n) is 6.15. The highest BCUT2D eigenvalue weighted by molar-refractivity contribution is 6.42. The fourth-order valence-electron chi connectivity index (χ4n) is 1.71. The van der Waals surface area contributed by atoms with E-state index >= 15 is 0 Å². The maximum absolute atomic E-state index is 12.0. The summed E-state index contributed by atoms with van der Waals surface area (Å²) in [6.07, 6.45) is 2.60. The monoisotopic (exact) mass is 336 g/mol. The van der Waals surface area contributed by atoms with Gasteiger partial charge in [-0.1, -0.05) is 35.3 Å². The molecule has 0 aliphatic carbocycles. The molecule has 0 amide bonds. The molecule has 2 aromatic rings. The Morgan fingerprint density at radius 2 is 1.86 bits per heavy atom. The summed E-state index contributed by atoms with van der Waals surface area (Å²) in [6, 6.07) is 10.7. The third kappa shape index (κ3) is 3.84. The van der Waals surface area contributed by atoms with Crippen molar-refractivity contribution in [2.75, 3.05) is 5.32 Å². The van der Waals surface area contributed by atoms with Crippen LogP contribution in [0.3, 0.4) is 0 Å². The van der Waals surface area contributed by atoms with Crippen LogP contribution in [0.4, 0.5) is 11.4 Å². The predicted molar refractivity (Wildman–Crippen MR) is 86.7 cm³/mol. The number of nitrogens with one attached hydrogen (secondary N) is 1. The van der Waals surface area contributed by atoms with E-state index in [1.165, 1.54) is 30.5 Å². The first-order chi connectivity index (χ1) is 10.5. The van der Waals surface area contributed by atoms with Gasteiger partial charge in [0.15, 0.2) is 5.78 Å². The van der Waals surface area contributed by atoms with Gasteiger partial charge in [-0.05, 0) is 24.3 Å². The third-order valence-corrected chi connectivity index (χ3v) is 3.52. The number of hydrogen-bond donors (Lipinski definition) is 1. The topological polar surface area (TPSA) is 72.2 Å². The predicted octanol–water partition coefficient (Wildman–Crippen LogP) is 4.71. The molecule has 0 atom stereocenters. The zero-order chi connectivity index (χ0) is 16.1. The van der Waals surface area contributed by atoms with Crippen LogP contribution in [-0.2, 0) is 0 Å². The van der Waals surface area contributed by atoms with Gasteiger partial charge in [0, 0.05) is 23.9 Å². The van der Waals surface area contributed by atoms with Crippen molar-refractivity contribution < 1.29 is 9.72 Å². The molecular formula is C15H10Cl2N2O3. The number of ketones is 1. The number of carbonyl (C=O) groups excluding carboxylic acids is 1. The zero-order valence-electron chi connectivity index (χ0n) is 11.1. The molecule has 5 nitrogen and oxygen atoms in total. The molecule has 0 aromatic heterocycles. The minimum absolute atomic E-state index is 0.0749. The highest BCUT2D eigenvalue weighted by atomic mass is 35.5. The number of hydrogen-bond acceptors (Lipinski definition) is 4. The molecule has 2 rings (SSSR count). The van der Waals surface area contributed by atoms with Crippen LogP contribution >= 0.6 is 23.2 Å². The van der Waals surface area contributed by atoms with Gasteiger partial charge >= 0.3 is 0 Å². The summed E-state index contributed by atoms with van der Waals surface area (Å²) in [6.45, 7) is 0. The van der Waals surface area contributed by atoms with Crippen LogP contribution in [0.5, 0.6) is 0 Å². The summed E-state index contributed by atoms with van der Waals surface area (Å²) in [7, 11) is 0. The molecule has 2 aromatic carbocycles. The van der Waals surface area contributed by atoms with Crippen LogP contribution in [-0.4, -0.2) is 10.7 Å². The van der Waals surface area contributed by atoms with Crippen molar-refractivity contribution in [2.24, 2.45) is 0 Å². The van der Waals surface area contributed by atoms with E-state index in [9.17, 15) is 14.9 Å². The average Bonchev–Trinajstić information content (AvgIpc) is 2.50. The maximum atomic E-state index is 12.0. The second kappa shape index (κ2) is 7.06. The van der Waals surface area contributed by atoms with Crippen molar-refractivity contribution in [1.82, 2.24) is 0 Å². The molecule has 0 aliphatic heterocycles. The van der Waals surface area contributed by atoms with E-state index in [1.54, 1.807) is 24.3 Å². The molecule has 0 saturated carbocycles. The number of nitro benzene ring substituents is 1. The van der Waals surface area contributed by atoms with Crippen LogP contribution in [0.15, 0.2) is 54.7 Å². The van der Waals surface area contributed by atoms with Crippen LogP contribution in [0, 0.1) is 10.1 Å². The van der Waals surface area contributed by atoms with Gasteiger partial charge in [-0.2, -0.15) is 0 Å². The number of allylic oxidation sites excluding steroid dienone is 1. The number of nitrogens with zero attached hydrogens (tertiary/aromatic N) is 1. The number of halogens is 2. The van der Waals surface area contributed by atoms with Gasteiger partial charge in [-0.15, -0.1) is 0 Å². The summed E-state index contributed by atoms with van der Waals surface area (Å²) in [4.78, 5) is 22.3. The van der Waals surface area contributed by atoms with Crippen molar-refractivity contribution >= 4 is 40.4 Å². The van der Waals surface area contributed by atoms with E-state index in [0.29, 0.717) is 16.3 Å². The number of benzene rings is 2. The van der Waals surface area contributed by atoms with E-state index in [4.69, 9.17) is 23.2 Å². The van der Waals surface area contributed by atoms with Gasteiger partial charge in [0.1, 0.15) is 5.69 Å². The fourth-order valence-corrected chi connectivity index (χ4v) is 2.01. The number of rotatable bonds is 5. The summed E-state index contributed by atoms with van der Waals surface area (Å²) in [5.41, 5.74) is 0.592. The molecule has 22 heavy (non-hydrogen) atoms. The van der Waals surface area contributed by atoms with E-state index in [1.807, 2.05) is 0 Å². The Labute approximate surface area is 136 Å². The fraction of sp³-hybridized carbons (Fsp3) is 0. The summed E-state index contributed by atoms with van der Waals surface area (Å²) < 4.78 is 0. The van der Waals surface area contributed by atoms with Gasteiger partial charge in [0.05, 0.1) is 15.0 Å². The Kier molecular flexibility index (Phi) is 5.14. The lowest BCUT2D eigenvalue weighted by Crippen LogP contribution is -1.98. The first kappa shape index (κ1) is 16.0. The Balaban J connectivity index is 2.11. The average molecular weight is 337 g/mol. The first-order valence-corrected chi connectivity index (χ1v) is 6.90. The lowest BCUT2D eigenvalue weighted by Gasteiger charge is -2.02. The molecule has 0 heterocycles. The molecule has 0 unspecified atom stereocenters. The van der Waals surface area contributed by atoms with Crippen LogP contribution in [0.2, 0.25) is 10.0 Å². The normalized spacial score (nSPS) is 10.6. The molecule has 1 N–H and O–H groups in total. The standard InChI is InChI=1S/C15H10Cl2N2O3/c16-11-6-5-10(9-12(11)17)15(20)7-8-18-13-3-1-2-4-14(13)19(21)22/h1-9,18H/b8-7-. The Morgan fingerprint density at radius 1 is 1.14 bits per heavy atom. The lowest BCUT2D eigenvalue weighted by molar-refractivity contribution is -0.383. The van der Waals surface area contributed by atoms with Crippen molar-refractivity contribution in [3.05, 3.63) is 80.5 Å². The van der Waals surface area contributed by atoms with Crippen LogP contribution < -0.4 is 5.32 Å². The SMILES string of the molecule is O=C(/C=C\Nc1ccccc1[N+](=O)[O-])c1ccc(Cl)c(Cl)c1. The van der Waals surface area contributed by atoms with Crippen LogP contribution in [0.1, 0.15) is 10.4 Å². The van der Waals surface area contributed by atoms with Gasteiger partial charge < -0.3 is 5.32 Å². The summed E-state index contributed by atoms with van der Waals surface area (Å²) in [5.74, 6) is -0.301. The quantitative estimate of drug-likeness (QED) is 0.371. The maximum Gasteiger partial charge on any atom is 0.292 e. The van der Waals surface area contributed by atoms with Crippen molar-refractivity contribution in [1.29, 1.82) is 0 Å². The van der Waals surface area contributed by atoms with E-state index in [2.05, 4.69) is 5.32 Å². The Hall–Kier alpha value is -2.37. The molecule has 0 fully saturated rings. The lowest BCUT2D eigenvalue weighted by atomic mass is 10.1. The number of anilines is 1. The van der Waals surface area contributed by atoms with Gasteiger partial charge in [-0.25, -0.2) is 0 Å². The van der Waals surface area contributed by atoms with Crippen molar-refractivity contribution in [3.63, 3.8) is 0 Å². The number of nitro groups is 1. The Bertz CT molecular complexity index is 760. The zero-order valence-corrected chi connectivity index (χ0v) is 12.6. The molecule has 7 heteroatoms. The minimum Gasteiger partial charge on any atom is -0.356 e. The van der Waals surface area contributed by atoms with Gasteiger partial charge in [0.25, 0.3) is 5.69 Å². The molecule has 112 valence electrons. The highest BCUT2D eigenvalue weighted by Crippen LogP contribution is 2.24. The van der Waals surface area contributed by atoms with Gasteiger partial charge in [-0.3, -0.25) is 14.9 Å². The van der Waals surface area contributed by atoms with Crippen molar-refractivity contribution in [2.45, 2.75) is 0 Å². The van der Waals surface area contributed by atoms with Crippen molar-refractivity contribution in [3.8, 4) is 0 Å². The minimum atomic E-state index is -0.503. The molecule has 0 radical (unpaired) electrons. The Morgan fingerprint density at radius 3 is 2.55 bits per heavy atom. The van der Waals surface area contributed by atoms with Crippen LogP contribution in [0.25, 0.3) is 0 Å².